The quantitative estimate of drug-likeness (QED) is 0.0168. The second kappa shape index (κ2) is 33.6. The molecule has 0 aromatic heterocycles. The highest BCUT2D eigenvalue weighted by Gasteiger charge is 2.58. The Balaban J connectivity index is 0.626. The van der Waals surface area contributed by atoms with Crippen LogP contribution in [-0.4, -0.2) is 166 Å². The zero-order chi connectivity index (χ0) is 75.5. The topological polar surface area (TPSA) is 340 Å². The smallest absolute Gasteiger partial charge is 0.416 e. The number of nitrogens with zero attached hydrogens (tertiary/aromatic N) is 4. The van der Waals surface area contributed by atoms with E-state index in [9.17, 15) is 48.3 Å². The van der Waals surface area contributed by atoms with Crippen molar-refractivity contribution in [2.45, 2.75) is 122 Å². The molecule has 27 nitrogen and oxygen atoms in total. The monoisotopic (exact) mass is 1460 g/mol. The van der Waals surface area contributed by atoms with Crippen molar-refractivity contribution in [3.63, 3.8) is 0 Å². The fraction of sp³-hybridized carbons (Fsp3) is 0.388. The summed E-state index contributed by atoms with van der Waals surface area (Å²) in [6, 6.07) is 32.4. The number of ether oxygens (including phenoxy) is 6. The molecule has 1 unspecified atom stereocenters. The van der Waals surface area contributed by atoms with Crippen LogP contribution in [0.1, 0.15) is 127 Å². The van der Waals surface area contributed by atoms with Crippen molar-refractivity contribution in [2.75, 3.05) is 87.7 Å². The number of aliphatic hydroxyl groups excluding tert-OH is 1. The average Bonchev–Trinajstić information content (AvgIpc) is 1.56. The average molecular weight is 1460 g/mol. The molecule has 5 atom stereocenters. The van der Waals surface area contributed by atoms with Crippen LogP contribution in [-0.2, 0) is 46.7 Å². The van der Waals surface area contributed by atoms with E-state index in [4.69, 9.17) is 34.2 Å². The van der Waals surface area contributed by atoms with Crippen molar-refractivity contribution in [3.8, 4) is 40.6 Å². The second-order valence-corrected chi connectivity index (χ2v) is 27.8. The number of para-hydroxylation sites is 1. The fourth-order valence-corrected chi connectivity index (χ4v) is 14.0. The van der Waals surface area contributed by atoms with Gasteiger partial charge >= 0.3 is 6.09 Å². The van der Waals surface area contributed by atoms with Crippen LogP contribution in [0, 0.1) is 23.2 Å². The number of hydrogen-bond donors (Lipinski definition) is 8. The Hall–Kier alpha value is -11.6. The lowest BCUT2D eigenvalue weighted by Gasteiger charge is -2.31. The molecule has 9 N–H and O–H groups in total. The van der Waals surface area contributed by atoms with Crippen LogP contribution < -0.4 is 71.1 Å². The normalized spacial score (nSPS) is 17.5. The molecule has 0 radical (unpaired) electrons. The van der Waals surface area contributed by atoms with Crippen molar-refractivity contribution in [1.82, 2.24) is 31.1 Å². The lowest BCUT2D eigenvalue weighted by Crippen LogP contribution is -2.55. The van der Waals surface area contributed by atoms with Gasteiger partial charge in [-0.1, -0.05) is 80.3 Å². The van der Waals surface area contributed by atoms with Crippen molar-refractivity contribution in [2.24, 2.45) is 17.1 Å². The molecule has 1 saturated carbocycles. The Morgan fingerprint density at radius 3 is 2.09 bits per heavy atom. The third kappa shape index (κ3) is 17.5. The van der Waals surface area contributed by atoms with Crippen molar-refractivity contribution in [3.05, 3.63) is 166 Å². The third-order valence-electron chi connectivity index (χ3n) is 20.1. The molecule has 5 aliphatic heterocycles. The number of amides is 9. The van der Waals surface area contributed by atoms with Gasteiger partial charge in [-0.3, -0.25) is 38.4 Å². The summed E-state index contributed by atoms with van der Waals surface area (Å²) in [7, 11) is 4.57. The summed E-state index contributed by atoms with van der Waals surface area (Å²) in [6.45, 7) is 3.88. The van der Waals surface area contributed by atoms with Crippen LogP contribution in [0.4, 0.5) is 27.5 Å². The van der Waals surface area contributed by atoms with Crippen molar-refractivity contribution in [1.29, 1.82) is 0 Å². The molecule has 1 saturated heterocycles. The van der Waals surface area contributed by atoms with E-state index in [1.807, 2.05) is 72.9 Å². The van der Waals surface area contributed by atoms with E-state index in [-0.39, 0.29) is 97.6 Å². The number of benzene rings is 6. The van der Waals surface area contributed by atoms with Gasteiger partial charge in [-0.2, -0.15) is 0 Å². The van der Waals surface area contributed by atoms with E-state index in [2.05, 4.69) is 43.7 Å². The van der Waals surface area contributed by atoms with Gasteiger partial charge < -0.3 is 85.9 Å². The lowest BCUT2D eigenvalue weighted by molar-refractivity contribution is -0.132. The molecule has 27 heteroatoms. The lowest BCUT2D eigenvalue weighted by atomic mass is 10.0. The molecule has 0 bridgehead atoms. The Bertz CT molecular complexity index is 4470. The first kappa shape index (κ1) is 75.1. The van der Waals surface area contributed by atoms with E-state index in [0.717, 1.165) is 45.8 Å². The summed E-state index contributed by atoms with van der Waals surface area (Å²) >= 11 is 0. The van der Waals surface area contributed by atoms with E-state index in [0.29, 0.717) is 97.0 Å². The number of anilines is 4. The Kier molecular flexibility index (Phi) is 23.6. The van der Waals surface area contributed by atoms with Crippen LogP contribution in [0.15, 0.2) is 128 Å². The number of nitrogens with one attached hydrogen (secondary N) is 6. The van der Waals surface area contributed by atoms with Gasteiger partial charge in [0.25, 0.3) is 11.8 Å². The van der Waals surface area contributed by atoms with E-state index in [1.54, 1.807) is 78.1 Å². The fourth-order valence-electron chi connectivity index (χ4n) is 14.0. The second-order valence-electron chi connectivity index (χ2n) is 27.8. The number of aliphatic hydroxyl groups is 1. The Morgan fingerprint density at radius 2 is 1.38 bits per heavy atom. The number of unbranched alkanes of at least 4 members (excludes halogenated alkanes) is 1. The third-order valence-corrected chi connectivity index (χ3v) is 20.1. The van der Waals surface area contributed by atoms with Gasteiger partial charge in [0.1, 0.15) is 24.4 Å². The maximum atomic E-state index is 14.6. The first-order valence-electron chi connectivity index (χ1n) is 36.0. The Labute approximate surface area is 620 Å². The first-order valence-corrected chi connectivity index (χ1v) is 36.0. The molecule has 9 amide bonds. The SMILES string of the molecule is COc1ccc(C2=CN3C(=O)c4cc(OC)c(OCCCOc5cc6c(cc5OC)C(=O)N5CC7(CC7)C[C@H]5C(O)N6C(=O)OCc5ccc(NC(=O)[C@H](CCCCN)NC(=O)[C@@H](NC(=O)CNC(=O)CNC(=O)CCC(=O)N6Cc7ccccc7C#Cc7ccccc76)C(C)C)cc5)cc4NC[C@@H]3C2)cc1. The molecule has 1 spiro atoms. The number of hydrogen-bond acceptors (Lipinski definition) is 18. The first-order chi connectivity index (χ1) is 51.7. The van der Waals surface area contributed by atoms with E-state index >= 15 is 0 Å². The summed E-state index contributed by atoms with van der Waals surface area (Å²) in [4.78, 5) is 130. The van der Waals surface area contributed by atoms with Gasteiger partial charge in [-0.05, 0) is 140 Å². The maximum Gasteiger partial charge on any atom is 0.416 e. The zero-order valence-electron chi connectivity index (χ0n) is 60.5. The molecule has 1 aliphatic carbocycles. The van der Waals surface area contributed by atoms with Crippen LogP contribution >= 0.6 is 0 Å². The Morgan fingerprint density at radius 1 is 0.701 bits per heavy atom. The summed E-state index contributed by atoms with van der Waals surface area (Å²) in [5, 5.41) is 28.9. The highest BCUT2D eigenvalue weighted by molar-refractivity contribution is 6.07. The summed E-state index contributed by atoms with van der Waals surface area (Å²) in [6.07, 6.45) is 3.58. The molecule has 6 aliphatic rings. The number of rotatable bonds is 29. The number of nitrogens with two attached hydrogens (primary N) is 1. The van der Waals surface area contributed by atoms with Gasteiger partial charge in [0.2, 0.25) is 35.4 Å². The number of carbonyl (C=O) groups is 9. The standard InChI is InChI=1S/C80H89N11O16/c1-48(2)73(87-71(94)43-84-70(93)42-83-69(92)28-29-72(95)89-44-53-15-7-6-13-50(53)20-21-52-14-8-9-17-62(52)89)75(97)86-60(16-10-11-32-81)74(96)85-55-24-18-49(19-25-55)46-107-79(101)91-63-39-68(66(104-5)37-59(63)77(99)90-47-80(30-31-80)40-64(90)78(91)100)106-34-12-33-105-67-38-61-58(36-65(67)103-4)76(98)88-45-54(35-56(88)41-82-61)51-22-26-57(102-3)27-23-51/h6-9,13-15,17-19,22-27,36-39,45,48,56,60,64,73,78,82,100H,10-12,16,28-35,40-44,46-47,81H2,1-5H3,(H,83,92)(H,84,93)(H,85,96)(H,86,97)(H,87,94)/t56-,60-,64-,73-,78?/m0/s1. The molecular formula is C80H89N11O16. The van der Waals surface area contributed by atoms with Gasteiger partial charge in [-0.15, -0.1) is 0 Å². The summed E-state index contributed by atoms with van der Waals surface area (Å²) < 4.78 is 35.3. The maximum absolute atomic E-state index is 14.6. The highest BCUT2D eigenvalue weighted by atomic mass is 16.6. The van der Waals surface area contributed by atoms with Crippen LogP contribution in [0.3, 0.4) is 0 Å². The van der Waals surface area contributed by atoms with Crippen LogP contribution in [0.5, 0.6) is 28.7 Å². The predicted molar refractivity (Wildman–Crippen MR) is 397 cm³/mol. The minimum absolute atomic E-state index is 0.0542. The largest absolute Gasteiger partial charge is 0.497 e. The molecule has 2 fully saturated rings. The van der Waals surface area contributed by atoms with Crippen LogP contribution in [0.25, 0.3) is 5.57 Å². The number of fused-ring (bicyclic) bond motifs is 6. The molecular weight excluding hydrogens is 1370 g/mol. The molecule has 6 aromatic rings. The summed E-state index contributed by atoms with van der Waals surface area (Å²) in [5.74, 6) is 3.77. The van der Waals surface area contributed by atoms with E-state index < -0.39 is 79.0 Å². The molecule has 5 heterocycles. The minimum Gasteiger partial charge on any atom is -0.497 e. The van der Waals surface area contributed by atoms with Crippen molar-refractivity contribution < 1.29 is 76.7 Å². The molecule has 107 heavy (non-hydrogen) atoms. The van der Waals surface area contributed by atoms with Crippen molar-refractivity contribution >= 4 is 81.7 Å². The van der Waals surface area contributed by atoms with Gasteiger partial charge in [0, 0.05) is 67.5 Å². The molecule has 560 valence electrons. The molecule has 12 rings (SSSR count). The van der Waals surface area contributed by atoms with Crippen LogP contribution in [0.2, 0.25) is 0 Å². The van der Waals surface area contributed by atoms with Gasteiger partial charge in [0.05, 0.1) is 94.5 Å². The predicted octanol–water partition coefficient (Wildman–Crippen LogP) is 7.36. The molecule has 6 aromatic carbocycles. The highest BCUT2D eigenvalue weighted by Crippen LogP contribution is 2.57. The van der Waals surface area contributed by atoms with Gasteiger partial charge in [0.15, 0.2) is 29.2 Å². The van der Waals surface area contributed by atoms with E-state index in [1.165, 1.54) is 26.4 Å². The minimum atomic E-state index is -1.51. The number of methoxy groups -OCH3 is 3. The summed E-state index contributed by atoms with van der Waals surface area (Å²) in [5.41, 5.74) is 12.7. The van der Waals surface area contributed by atoms with Gasteiger partial charge in [-0.25, -0.2) is 9.69 Å². The zero-order valence-corrected chi connectivity index (χ0v) is 60.5. The number of carbonyl (C=O) groups excluding carboxylic acids is 9.